The number of carbonyl (C=O) groups is 2. The molecule has 7 heteroatoms. The molecule has 0 aliphatic rings. The van der Waals surface area contributed by atoms with E-state index < -0.39 is 5.91 Å². The van der Waals surface area contributed by atoms with Gasteiger partial charge < -0.3 is 10.1 Å². The fourth-order valence-corrected chi connectivity index (χ4v) is 3.31. The van der Waals surface area contributed by atoms with Gasteiger partial charge in [0, 0.05) is 15.9 Å². The lowest BCUT2D eigenvalue weighted by molar-refractivity contribution is -0.123. The van der Waals surface area contributed by atoms with E-state index in [1.165, 1.54) is 0 Å². The van der Waals surface area contributed by atoms with Gasteiger partial charge in [-0.3, -0.25) is 9.59 Å². The fourth-order valence-electron chi connectivity index (χ4n) is 2.83. The molecule has 154 valence electrons. The average molecular weight is 468 g/mol. The molecule has 0 saturated heterocycles. The lowest BCUT2D eigenvalue weighted by atomic mass is 10.1. The number of hydrogen-bond acceptors (Lipinski definition) is 4. The highest BCUT2D eigenvalue weighted by Gasteiger charge is 2.08. The molecule has 0 atom stereocenters. The van der Waals surface area contributed by atoms with Crippen LogP contribution in [0, 0.1) is 6.92 Å². The second-order valence-corrected chi connectivity index (χ2v) is 7.78. The van der Waals surface area contributed by atoms with E-state index in [1.807, 2.05) is 67.6 Å². The highest BCUT2D eigenvalue weighted by molar-refractivity contribution is 9.10. The summed E-state index contributed by atoms with van der Waals surface area (Å²) in [6.45, 7) is 3.43. The first-order chi connectivity index (χ1) is 14.4. The summed E-state index contributed by atoms with van der Waals surface area (Å²) in [6.07, 6.45) is 0.0707. The van der Waals surface area contributed by atoms with Crippen LogP contribution in [0.5, 0.6) is 5.75 Å². The molecule has 0 aliphatic carbocycles. The first-order valence-electron chi connectivity index (χ1n) is 9.40. The van der Waals surface area contributed by atoms with Crippen molar-refractivity contribution in [3.8, 4) is 5.75 Å². The van der Waals surface area contributed by atoms with E-state index >= 15 is 0 Å². The second-order valence-electron chi connectivity index (χ2n) is 6.86. The van der Waals surface area contributed by atoms with E-state index in [9.17, 15) is 9.59 Å². The van der Waals surface area contributed by atoms with Crippen LogP contribution < -0.4 is 15.5 Å². The first-order valence-corrected chi connectivity index (χ1v) is 10.2. The van der Waals surface area contributed by atoms with E-state index in [4.69, 9.17) is 4.74 Å². The first kappa shape index (κ1) is 21.5. The number of aryl methyl sites for hydroxylation is 1. The molecule has 2 N–H and O–H groups in total. The van der Waals surface area contributed by atoms with Crippen LogP contribution in [-0.4, -0.2) is 24.1 Å². The van der Waals surface area contributed by atoms with Crippen LogP contribution in [0.25, 0.3) is 10.8 Å². The van der Waals surface area contributed by atoms with Gasteiger partial charge in [-0.2, -0.15) is 5.10 Å². The quantitative estimate of drug-likeness (QED) is 0.386. The average Bonchev–Trinajstić information content (AvgIpc) is 2.72. The SMILES string of the molecule is CC(CC(=O)Nc1ccc(Br)cc1C)=NNC(=O)COc1ccc2ccccc2c1. The normalized spacial score (nSPS) is 11.2. The number of amides is 2. The lowest BCUT2D eigenvalue weighted by Gasteiger charge is -2.09. The third-order valence-electron chi connectivity index (χ3n) is 4.34. The molecule has 0 spiro atoms. The molecular formula is C23H22BrN3O3. The Kier molecular flexibility index (Phi) is 7.19. The zero-order valence-electron chi connectivity index (χ0n) is 16.7. The number of nitrogens with one attached hydrogen (secondary N) is 2. The summed E-state index contributed by atoms with van der Waals surface area (Å²) in [6, 6.07) is 19.2. The number of carbonyl (C=O) groups excluding carboxylic acids is 2. The molecule has 0 bridgehead atoms. The number of nitrogens with zero attached hydrogens (tertiary/aromatic N) is 1. The van der Waals surface area contributed by atoms with Crippen LogP contribution in [-0.2, 0) is 9.59 Å². The summed E-state index contributed by atoms with van der Waals surface area (Å²) in [5.74, 6) is 0.00352. The van der Waals surface area contributed by atoms with E-state index in [1.54, 1.807) is 6.92 Å². The molecule has 3 rings (SSSR count). The topological polar surface area (TPSA) is 79.8 Å². The number of fused-ring (bicyclic) bond motifs is 1. The molecule has 0 radical (unpaired) electrons. The smallest absolute Gasteiger partial charge is 0.277 e. The van der Waals surface area contributed by atoms with E-state index in [0.29, 0.717) is 11.5 Å². The summed E-state index contributed by atoms with van der Waals surface area (Å²) in [5, 5.41) is 8.95. The molecule has 0 saturated carbocycles. The number of hydrogen-bond donors (Lipinski definition) is 2. The summed E-state index contributed by atoms with van der Waals surface area (Å²) < 4.78 is 6.48. The molecule has 30 heavy (non-hydrogen) atoms. The maximum Gasteiger partial charge on any atom is 0.277 e. The predicted molar refractivity (Wildman–Crippen MR) is 123 cm³/mol. The minimum Gasteiger partial charge on any atom is -0.484 e. The molecular weight excluding hydrogens is 446 g/mol. The van der Waals surface area contributed by atoms with Crippen molar-refractivity contribution in [1.29, 1.82) is 0 Å². The molecule has 0 aliphatic heterocycles. The van der Waals surface area contributed by atoms with Gasteiger partial charge in [0.1, 0.15) is 5.75 Å². The molecule has 0 heterocycles. The summed E-state index contributed by atoms with van der Waals surface area (Å²) in [5.41, 5.74) is 4.59. The molecule has 6 nitrogen and oxygen atoms in total. The summed E-state index contributed by atoms with van der Waals surface area (Å²) in [4.78, 5) is 24.2. The molecule has 2 amide bonds. The molecule has 0 unspecified atom stereocenters. The number of ether oxygens (including phenoxy) is 1. The van der Waals surface area contributed by atoms with Gasteiger partial charge >= 0.3 is 0 Å². The van der Waals surface area contributed by atoms with Crippen LogP contribution in [0.1, 0.15) is 18.9 Å². The maximum atomic E-state index is 12.2. The zero-order chi connectivity index (χ0) is 21.5. The molecule has 3 aromatic carbocycles. The van der Waals surface area contributed by atoms with Crippen molar-refractivity contribution in [2.24, 2.45) is 5.10 Å². The minimum atomic E-state index is -0.397. The van der Waals surface area contributed by atoms with Crippen molar-refractivity contribution >= 4 is 49.9 Å². The van der Waals surface area contributed by atoms with Gasteiger partial charge in [0.15, 0.2) is 6.61 Å². The van der Waals surface area contributed by atoms with Crippen LogP contribution in [0.15, 0.2) is 70.2 Å². The van der Waals surface area contributed by atoms with Gasteiger partial charge in [-0.1, -0.05) is 46.3 Å². The van der Waals surface area contributed by atoms with Crippen molar-refractivity contribution in [3.05, 3.63) is 70.7 Å². The predicted octanol–water partition coefficient (Wildman–Crippen LogP) is 4.81. The van der Waals surface area contributed by atoms with Crippen LogP contribution in [0.2, 0.25) is 0 Å². The Morgan fingerprint density at radius 2 is 1.77 bits per heavy atom. The van der Waals surface area contributed by atoms with Crippen molar-refractivity contribution in [2.45, 2.75) is 20.3 Å². The number of benzene rings is 3. The van der Waals surface area contributed by atoms with Gasteiger partial charge in [-0.25, -0.2) is 5.43 Å². The second kappa shape index (κ2) is 10.0. The Balaban J connectivity index is 1.46. The van der Waals surface area contributed by atoms with E-state index in [-0.39, 0.29) is 18.9 Å². The molecule has 3 aromatic rings. The zero-order valence-corrected chi connectivity index (χ0v) is 18.3. The Hall–Kier alpha value is -3.19. The third-order valence-corrected chi connectivity index (χ3v) is 4.83. The number of anilines is 1. The van der Waals surface area contributed by atoms with Gasteiger partial charge in [-0.15, -0.1) is 0 Å². The molecule has 0 aromatic heterocycles. The number of halogens is 1. The summed E-state index contributed by atoms with van der Waals surface area (Å²) >= 11 is 3.39. The Morgan fingerprint density at radius 1 is 1.00 bits per heavy atom. The number of hydrazone groups is 1. The van der Waals surface area contributed by atoms with Crippen molar-refractivity contribution in [1.82, 2.24) is 5.43 Å². The fraction of sp³-hybridized carbons (Fsp3) is 0.174. The minimum absolute atomic E-state index is 0.0707. The van der Waals surface area contributed by atoms with Crippen molar-refractivity contribution < 1.29 is 14.3 Å². The Bertz CT molecular complexity index is 1110. The standard InChI is InChI=1S/C23H22BrN3O3/c1-15-11-19(24)8-10-21(15)25-22(28)12-16(2)26-27-23(29)14-30-20-9-7-17-5-3-4-6-18(17)13-20/h3-11,13H,12,14H2,1-2H3,(H,25,28)(H,27,29). The van der Waals surface area contributed by atoms with Gasteiger partial charge in [0.25, 0.3) is 5.91 Å². The van der Waals surface area contributed by atoms with Crippen molar-refractivity contribution in [3.63, 3.8) is 0 Å². The van der Waals surface area contributed by atoms with Gasteiger partial charge in [0.05, 0.1) is 6.42 Å². The maximum absolute atomic E-state index is 12.2. The van der Waals surface area contributed by atoms with Crippen LogP contribution in [0.4, 0.5) is 5.69 Å². The van der Waals surface area contributed by atoms with E-state index in [2.05, 4.69) is 31.8 Å². The lowest BCUT2D eigenvalue weighted by Crippen LogP contribution is -2.26. The van der Waals surface area contributed by atoms with Gasteiger partial charge in [0.2, 0.25) is 5.91 Å². The highest BCUT2D eigenvalue weighted by Crippen LogP contribution is 2.21. The van der Waals surface area contributed by atoms with Gasteiger partial charge in [-0.05, 0) is 60.5 Å². The Morgan fingerprint density at radius 3 is 2.53 bits per heavy atom. The third kappa shape index (κ3) is 6.15. The monoisotopic (exact) mass is 467 g/mol. The summed E-state index contributed by atoms with van der Waals surface area (Å²) in [7, 11) is 0. The van der Waals surface area contributed by atoms with Crippen molar-refractivity contribution in [2.75, 3.05) is 11.9 Å². The largest absolute Gasteiger partial charge is 0.484 e. The van der Waals surface area contributed by atoms with E-state index in [0.717, 1.165) is 26.5 Å². The van der Waals surface area contributed by atoms with Crippen LogP contribution >= 0.6 is 15.9 Å². The molecule has 0 fully saturated rings. The highest BCUT2D eigenvalue weighted by atomic mass is 79.9. The number of rotatable bonds is 7. The Labute approximate surface area is 183 Å². The van der Waals surface area contributed by atoms with Crippen LogP contribution in [0.3, 0.4) is 0 Å².